The van der Waals surface area contributed by atoms with E-state index in [2.05, 4.69) is 15.0 Å². The molecule has 1 aromatic carbocycles. The van der Waals surface area contributed by atoms with E-state index in [-0.39, 0.29) is 11.3 Å². The Bertz CT molecular complexity index is 612. The second-order valence-corrected chi connectivity index (χ2v) is 5.89. The predicted octanol–water partition coefficient (Wildman–Crippen LogP) is 4.77. The van der Waals surface area contributed by atoms with E-state index < -0.39 is 0 Å². The smallest absolute Gasteiger partial charge is 0.321 e. The Morgan fingerprint density at radius 3 is 2.60 bits per heavy atom. The number of hydrogen-bond acceptors (Lipinski definition) is 5. The van der Waals surface area contributed by atoms with Gasteiger partial charge in [-0.2, -0.15) is 15.0 Å². The lowest BCUT2D eigenvalue weighted by Crippen LogP contribution is -2.02. The van der Waals surface area contributed by atoms with E-state index in [4.69, 9.17) is 39.5 Å². The van der Waals surface area contributed by atoms with Gasteiger partial charge in [0.15, 0.2) is 5.16 Å². The summed E-state index contributed by atoms with van der Waals surface area (Å²) in [6.07, 6.45) is 0.860. The van der Waals surface area contributed by atoms with Crippen molar-refractivity contribution in [1.29, 1.82) is 0 Å². The van der Waals surface area contributed by atoms with Gasteiger partial charge in [0, 0.05) is 4.90 Å². The summed E-state index contributed by atoms with van der Waals surface area (Å²) >= 11 is 19.0. The Labute approximate surface area is 135 Å². The largest absolute Gasteiger partial charge is 0.463 e. The molecule has 106 valence electrons. The molecule has 0 aliphatic heterocycles. The molecule has 0 unspecified atom stereocenters. The molecule has 1 heterocycles. The predicted molar refractivity (Wildman–Crippen MR) is 81.2 cm³/mol. The number of aromatic nitrogens is 3. The van der Waals surface area contributed by atoms with Gasteiger partial charge < -0.3 is 4.74 Å². The van der Waals surface area contributed by atoms with Crippen LogP contribution in [0.1, 0.15) is 13.3 Å². The van der Waals surface area contributed by atoms with Crippen LogP contribution in [0.15, 0.2) is 28.3 Å². The molecule has 8 heteroatoms. The summed E-state index contributed by atoms with van der Waals surface area (Å²) in [7, 11) is 0. The van der Waals surface area contributed by atoms with E-state index in [0.29, 0.717) is 21.8 Å². The third kappa shape index (κ3) is 4.38. The highest BCUT2D eigenvalue weighted by Gasteiger charge is 2.09. The molecule has 0 radical (unpaired) electrons. The molecule has 0 atom stereocenters. The standard InChI is InChI=1S/C12H10Cl3N3OS/c1-2-5-19-11-16-10(15)17-12(18-11)20-7-3-4-8(13)9(14)6-7/h3-4,6H,2,5H2,1H3. The lowest BCUT2D eigenvalue weighted by molar-refractivity contribution is 0.288. The Hall–Kier alpha value is -0.750. The minimum atomic E-state index is 0.0914. The number of hydrogen-bond donors (Lipinski definition) is 0. The fourth-order valence-corrected chi connectivity index (χ4v) is 2.61. The maximum Gasteiger partial charge on any atom is 0.321 e. The highest BCUT2D eigenvalue weighted by molar-refractivity contribution is 7.99. The van der Waals surface area contributed by atoms with E-state index in [1.54, 1.807) is 12.1 Å². The molecule has 20 heavy (non-hydrogen) atoms. The molecule has 0 aliphatic rings. The van der Waals surface area contributed by atoms with Crippen LogP contribution < -0.4 is 4.74 Å². The van der Waals surface area contributed by atoms with Crippen molar-refractivity contribution >= 4 is 46.6 Å². The van der Waals surface area contributed by atoms with Crippen LogP contribution in [0.25, 0.3) is 0 Å². The fourth-order valence-electron chi connectivity index (χ4n) is 1.26. The van der Waals surface area contributed by atoms with Gasteiger partial charge in [0.1, 0.15) is 0 Å². The quantitative estimate of drug-likeness (QED) is 0.777. The minimum absolute atomic E-state index is 0.0914. The second kappa shape index (κ2) is 7.31. The van der Waals surface area contributed by atoms with Crippen LogP contribution in [0, 0.1) is 0 Å². The van der Waals surface area contributed by atoms with Crippen molar-refractivity contribution in [2.45, 2.75) is 23.4 Å². The van der Waals surface area contributed by atoms with E-state index in [1.165, 1.54) is 11.8 Å². The molecule has 0 amide bonds. The van der Waals surface area contributed by atoms with Crippen LogP contribution in [0.4, 0.5) is 0 Å². The molecule has 0 aliphatic carbocycles. The van der Waals surface area contributed by atoms with Crippen LogP contribution in [0.2, 0.25) is 15.3 Å². The molecule has 0 saturated carbocycles. The average Bonchev–Trinajstić information content (AvgIpc) is 2.40. The second-order valence-electron chi connectivity index (χ2n) is 3.70. The highest BCUT2D eigenvalue weighted by atomic mass is 35.5. The Morgan fingerprint density at radius 2 is 1.90 bits per heavy atom. The molecule has 2 aromatic rings. The molecule has 0 bridgehead atoms. The van der Waals surface area contributed by atoms with Crippen molar-refractivity contribution in [2.24, 2.45) is 0 Å². The fraction of sp³-hybridized carbons (Fsp3) is 0.250. The van der Waals surface area contributed by atoms with Gasteiger partial charge in [-0.3, -0.25) is 0 Å². The summed E-state index contributed by atoms with van der Waals surface area (Å²) < 4.78 is 5.35. The van der Waals surface area contributed by atoms with Gasteiger partial charge in [0.25, 0.3) is 0 Å². The maximum absolute atomic E-state index is 5.96. The zero-order valence-corrected chi connectivity index (χ0v) is 13.5. The van der Waals surface area contributed by atoms with Crippen LogP contribution >= 0.6 is 46.6 Å². The van der Waals surface area contributed by atoms with E-state index in [9.17, 15) is 0 Å². The highest BCUT2D eigenvalue weighted by Crippen LogP contribution is 2.31. The third-order valence-electron chi connectivity index (χ3n) is 2.10. The van der Waals surface area contributed by atoms with Gasteiger partial charge in [0.05, 0.1) is 16.7 Å². The Morgan fingerprint density at radius 1 is 1.10 bits per heavy atom. The summed E-state index contributed by atoms with van der Waals surface area (Å²) in [5, 5.41) is 1.50. The zero-order chi connectivity index (χ0) is 14.5. The molecule has 0 saturated heterocycles. The lowest BCUT2D eigenvalue weighted by Gasteiger charge is -2.05. The molecule has 2 rings (SSSR count). The zero-order valence-electron chi connectivity index (χ0n) is 10.4. The van der Waals surface area contributed by atoms with Gasteiger partial charge in [-0.15, -0.1) is 0 Å². The molecule has 1 aromatic heterocycles. The molecule has 0 spiro atoms. The summed E-state index contributed by atoms with van der Waals surface area (Å²) in [5.74, 6) is 0. The normalized spacial score (nSPS) is 10.6. The first-order valence-corrected chi connectivity index (χ1v) is 7.71. The average molecular weight is 351 g/mol. The van der Waals surface area contributed by atoms with E-state index >= 15 is 0 Å². The molecular weight excluding hydrogens is 341 g/mol. The summed E-state index contributed by atoms with van der Waals surface area (Å²) in [4.78, 5) is 13.0. The number of halogens is 3. The van der Waals surface area contributed by atoms with Crippen molar-refractivity contribution in [3.8, 4) is 6.01 Å². The number of ether oxygens (including phenoxy) is 1. The SMILES string of the molecule is CCCOc1nc(Cl)nc(Sc2ccc(Cl)c(Cl)c2)n1. The van der Waals surface area contributed by atoms with Gasteiger partial charge in [-0.1, -0.05) is 30.1 Å². The van der Waals surface area contributed by atoms with Gasteiger partial charge in [-0.05, 0) is 48.0 Å². The van der Waals surface area contributed by atoms with E-state index in [1.807, 2.05) is 13.0 Å². The van der Waals surface area contributed by atoms with Crippen molar-refractivity contribution < 1.29 is 4.74 Å². The van der Waals surface area contributed by atoms with Gasteiger partial charge in [0.2, 0.25) is 5.28 Å². The maximum atomic E-state index is 5.96. The Kier molecular flexibility index (Phi) is 5.72. The van der Waals surface area contributed by atoms with Crippen molar-refractivity contribution in [1.82, 2.24) is 15.0 Å². The number of nitrogens with zero attached hydrogens (tertiary/aromatic N) is 3. The summed E-state index contributed by atoms with van der Waals surface area (Å²) in [6.45, 7) is 2.52. The molecule has 0 N–H and O–H groups in total. The van der Waals surface area contributed by atoms with Crippen molar-refractivity contribution in [3.63, 3.8) is 0 Å². The molecule has 0 fully saturated rings. The summed E-state index contributed by atoms with van der Waals surface area (Å²) in [6, 6.07) is 5.49. The lowest BCUT2D eigenvalue weighted by atomic mass is 10.4. The van der Waals surface area contributed by atoms with Crippen LogP contribution in [0.3, 0.4) is 0 Å². The van der Waals surface area contributed by atoms with Crippen LogP contribution in [-0.4, -0.2) is 21.6 Å². The van der Waals surface area contributed by atoms with Gasteiger partial charge in [-0.25, -0.2) is 0 Å². The van der Waals surface area contributed by atoms with Gasteiger partial charge >= 0.3 is 6.01 Å². The van der Waals surface area contributed by atoms with Crippen molar-refractivity contribution in [2.75, 3.05) is 6.61 Å². The molecule has 4 nitrogen and oxygen atoms in total. The van der Waals surface area contributed by atoms with E-state index in [0.717, 1.165) is 11.3 Å². The first-order valence-electron chi connectivity index (χ1n) is 5.75. The van der Waals surface area contributed by atoms with Crippen molar-refractivity contribution in [3.05, 3.63) is 33.5 Å². The summed E-state index contributed by atoms with van der Waals surface area (Å²) in [5.41, 5.74) is 0. The topological polar surface area (TPSA) is 47.9 Å². The number of benzene rings is 1. The Balaban J connectivity index is 2.19. The minimum Gasteiger partial charge on any atom is -0.463 e. The first-order chi connectivity index (χ1) is 9.58. The monoisotopic (exact) mass is 349 g/mol. The third-order valence-corrected chi connectivity index (χ3v) is 3.87. The number of rotatable bonds is 5. The molecular formula is C12H10Cl3N3OS. The van der Waals surface area contributed by atoms with Crippen LogP contribution in [-0.2, 0) is 0 Å². The first kappa shape index (κ1) is 15.6. The van der Waals surface area contributed by atoms with Crippen LogP contribution in [0.5, 0.6) is 6.01 Å².